The predicted octanol–water partition coefficient (Wildman–Crippen LogP) is 3.76. The maximum Gasteiger partial charge on any atom is 0.157 e. The second-order valence-corrected chi connectivity index (χ2v) is 6.55. The van der Waals surface area contributed by atoms with Crippen molar-refractivity contribution in [1.29, 1.82) is 0 Å². The molecule has 26 heavy (non-hydrogen) atoms. The second kappa shape index (κ2) is 7.74. The van der Waals surface area contributed by atoms with E-state index in [4.69, 9.17) is 9.47 Å². The van der Waals surface area contributed by atoms with Gasteiger partial charge in [-0.25, -0.2) is 0 Å². The van der Waals surface area contributed by atoms with Crippen molar-refractivity contribution in [2.75, 3.05) is 6.61 Å². The van der Waals surface area contributed by atoms with Crippen LogP contribution in [0.25, 0.3) is 0 Å². The largest absolute Gasteiger partial charge is 0.508 e. The first kappa shape index (κ1) is 18.2. The van der Waals surface area contributed by atoms with Gasteiger partial charge in [0.15, 0.2) is 17.6 Å². The van der Waals surface area contributed by atoms with Gasteiger partial charge < -0.3 is 29.9 Å². The van der Waals surface area contributed by atoms with E-state index in [1.807, 2.05) is 0 Å². The molecule has 2 aromatic carbocycles. The van der Waals surface area contributed by atoms with Crippen molar-refractivity contribution in [2.45, 2.75) is 44.8 Å². The van der Waals surface area contributed by atoms with Crippen molar-refractivity contribution in [1.82, 2.24) is 0 Å². The van der Waals surface area contributed by atoms with Crippen LogP contribution in [-0.2, 0) is 11.2 Å². The Labute approximate surface area is 152 Å². The van der Waals surface area contributed by atoms with Gasteiger partial charge >= 0.3 is 0 Å². The number of phenolic OH excluding ortho intramolecular Hbond substituents is 4. The van der Waals surface area contributed by atoms with E-state index in [2.05, 4.69) is 6.92 Å². The molecule has 0 amide bonds. The Morgan fingerprint density at radius 2 is 1.81 bits per heavy atom. The number of aromatic hydroxyl groups is 4. The van der Waals surface area contributed by atoms with Crippen LogP contribution in [0.15, 0.2) is 30.3 Å². The number of rotatable bonds is 6. The van der Waals surface area contributed by atoms with E-state index in [9.17, 15) is 20.4 Å². The van der Waals surface area contributed by atoms with Crippen LogP contribution in [-0.4, -0.2) is 33.1 Å². The fourth-order valence-corrected chi connectivity index (χ4v) is 3.18. The Balaban J connectivity index is 1.90. The number of phenols is 4. The highest BCUT2D eigenvalue weighted by molar-refractivity contribution is 5.52. The molecule has 0 spiro atoms. The van der Waals surface area contributed by atoms with E-state index in [0.29, 0.717) is 29.9 Å². The minimum absolute atomic E-state index is 0.0332. The number of fused-ring (bicyclic) bond motifs is 1. The van der Waals surface area contributed by atoms with Gasteiger partial charge in [0, 0.05) is 30.7 Å². The summed E-state index contributed by atoms with van der Waals surface area (Å²) >= 11 is 0. The third kappa shape index (κ3) is 3.80. The molecule has 6 nitrogen and oxygen atoms in total. The van der Waals surface area contributed by atoms with Gasteiger partial charge in [0.1, 0.15) is 23.4 Å². The van der Waals surface area contributed by atoms with Gasteiger partial charge in [-0.05, 0) is 24.1 Å². The quantitative estimate of drug-likeness (QED) is 0.462. The molecule has 3 rings (SSSR count). The van der Waals surface area contributed by atoms with Crippen LogP contribution in [0, 0.1) is 0 Å². The van der Waals surface area contributed by atoms with Crippen LogP contribution in [0.1, 0.15) is 43.4 Å². The lowest BCUT2D eigenvalue weighted by atomic mass is 9.93. The lowest BCUT2D eigenvalue weighted by Gasteiger charge is -2.34. The average molecular weight is 360 g/mol. The summed E-state index contributed by atoms with van der Waals surface area (Å²) in [5.74, 6) is -0.181. The van der Waals surface area contributed by atoms with Crippen LogP contribution in [0.3, 0.4) is 0 Å². The molecular weight excluding hydrogens is 336 g/mol. The van der Waals surface area contributed by atoms with Gasteiger partial charge in [0.05, 0.1) is 0 Å². The third-order valence-corrected chi connectivity index (χ3v) is 4.57. The summed E-state index contributed by atoms with van der Waals surface area (Å²) in [5.41, 5.74) is 1.23. The zero-order valence-corrected chi connectivity index (χ0v) is 14.7. The summed E-state index contributed by atoms with van der Waals surface area (Å²) in [6, 6.07) is 7.24. The fraction of sp³-hybridized carbons (Fsp3) is 0.400. The van der Waals surface area contributed by atoms with Gasteiger partial charge in [0.25, 0.3) is 0 Å². The molecule has 0 fully saturated rings. The Morgan fingerprint density at radius 1 is 1.00 bits per heavy atom. The molecule has 140 valence electrons. The monoisotopic (exact) mass is 360 g/mol. The van der Waals surface area contributed by atoms with E-state index < -0.39 is 6.10 Å². The van der Waals surface area contributed by atoms with Gasteiger partial charge in [-0.3, -0.25) is 0 Å². The minimum atomic E-state index is -0.531. The number of ether oxygens (including phenoxy) is 2. The second-order valence-electron chi connectivity index (χ2n) is 6.55. The topological polar surface area (TPSA) is 99.4 Å². The third-order valence-electron chi connectivity index (χ3n) is 4.57. The average Bonchev–Trinajstić information content (AvgIpc) is 2.61. The first-order valence-electron chi connectivity index (χ1n) is 8.84. The Morgan fingerprint density at radius 3 is 2.54 bits per heavy atom. The minimum Gasteiger partial charge on any atom is -0.508 e. The zero-order valence-electron chi connectivity index (χ0n) is 14.7. The van der Waals surface area contributed by atoms with Crippen molar-refractivity contribution in [2.24, 2.45) is 0 Å². The fourth-order valence-electron chi connectivity index (χ4n) is 3.18. The molecule has 1 aliphatic rings. The normalized spacial score (nSPS) is 19.0. The summed E-state index contributed by atoms with van der Waals surface area (Å²) in [5, 5.41) is 39.2. The summed E-state index contributed by atoms with van der Waals surface area (Å²) < 4.78 is 12.0. The molecule has 4 N–H and O–H groups in total. The molecule has 0 radical (unpaired) electrons. The van der Waals surface area contributed by atoms with Crippen LogP contribution < -0.4 is 4.74 Å². The summed E-state index contributed by atoms with van der Waals surface area (Å²) in [7, 11) is 0. The molecule has 2 atom stereocenters. The van der Waals surface area contributed by atoms with Crippen molar-refractivity contribution in [3.8, 4) is 28.7 Å². The highest BCUT2D eigenvalue weighted by atomic mass is 16.5. The summed E-state index contributed by atoms with van der Waals surface area (Å²) in [6.07, 6.45) is 2.60. The van der Waals surface area contributed by atoms with Gasteiger partial charge in [-0.2, -0.15) is 0 Å². The molecule has 0 aromatic heterocycles. The Kier molecular flexibility index (Phi) is 5.42. The van der Waals surface area contributed by atoms with Crippen molar-refractivity contribution >= 4 is 0 Å². The SMILES string of the molecule is CCCCCOC1Cc2c(O)cc(O)cc2OC1c1ccc(O)c(O)c1. The van der Waals surface area contributed by atoms with E-state index in [-0.39, 0.29) is 29.1 Å². The Hall–Kier alpha value is -2.60. The molecular formula is C20H24O6. The first-order valence-corrected chi connectivity index (χ1v) is 8.84. The van der Waals surface area contributed by atoms with Crippen molar-refractivity contribution in [3.63, 3.8) is 0 Å². The van der Waals surface area contributed by atoms with Crippen LogP contribution >= 0.6 is 0 Å². The number of unbranched alkanes of at least 4 members (excludes halogenated alkanes) is 2. The van der Waals surface area contributed by atoms with E-state index in [1.54, 1.807) is 6.07 Å². The lowest BCUT2D eigenvalue weighted by Crippen LogP contribution is -2.33. The highest BCUT2D eigenvalue weighted by Crippen LogP contribution is 2.43. The van der Waals surface area contributed by atoms with Crippen LogP contribution in [0.5, 0.6) is 28.7 Å². The highest BCUT2D eigenvalue weighted by Gasteiger charge is 2.34. The van der Waals surface area contributed by atoms with Crippen LogP contribution in [0.2, 0.25) is 0 Å². The zero-order chi connectivity index (χ0) is 18.7. The lowest BCUT2D eigenvalue weighted by molar-refractivity contribution is -0.0393. The van der Waals surface area contributed by atoms with E-state index in [0.717, 1.165) is 19.3 Å². The van der Waals surface area contributed by atoms with Crippen LogP contribution in [0.4, 0.5) is 0 Å². The number of benzene rings is 2. The summed E-state index contributed by atoms with van der Waals surface area (Å²) in [4.78, 5) is 0. The maximum absolute atomic E-state index is 10.1. The predicted molar refractivity (Wildman–Crippen MR) is 95.9 cm³/mol. The molecule has 0 saturated heterocycles. The smallest absolute Gasteiger partial charge is 0.157 e. The molecule has 6 heteroatoms. The van der Waals surface area contributed by atoms with Crippen molar-refractivity contribution in [3.05, 3.63) is 41.5 Å². The number of hydrogen-bond donors (Lipinski definition) is 4. The van der Waals surface area contributed by atoms with Gasteiger partial charge in [-0.1, -0.05) is 25.8 Å². The van der Waals surface area contributed by atoms with Gasteiger partial charge in [-0.15, -0.1) is 0 Å². The van der Waals surface area contributed by atoms with Crippen molar-refractivity contribution < 1.29 is 29.9 Å². The molecule has 1 aliphatic heterocycles. The molecule has 2 unspecified atom stereocenters. The van der Waals surface area contributed by atoms with E-state index >= 15 is 0 Å². The molecule has 0 aliphatic carbocycles. The maximum atomic E-state index is 10.1. The number of hydrogen-bond acceptors (Lipinski definition) is 6. The molecule has 2 aromatic rings. The standard InChI is InChI=1S/C20H24O6/c1-2-3-4-7-25-19-11-14-16(23)9-13(21)10-18(14)26-20(19)12-5-6-15(22)17(24)8-12/h5-6,8-10,19-24H,2-4,7,11H2,1H3. The summed E-state index contributed by atoms with van der Waals surface area (Å²) in [6.45, 7) is 2.68. The first-order chi connectivity index (χ1) is 12.5. The molecule has 0 bridgehead atoms. The van der Waals surface area contributed by atoms with E-state index in [1.165, 1.54) is 24.3 Å². The molecule has 0 saturated carbocycles. The Bertz CT molecular complexity index is 773. The molecule has 1 heterocycles. The van der Waals surface area contributed by atoms with Gasteiger partial charge in [0.2, 0.25) is 0 Å².